The lowest BCUT2D eigenvalue weighted by Crippen LogP contribution is -2.46. The first-order valence-electron chi connectivity index (χ1n) is 10.4. The van der Waals surface area contributed by atoms with Crippen molar-refractivity contribution in [3.8, 4) is 11.4 Å². The van der Waals surface area contributed by atoms with Crippen molar-refractivity contribution in [3.05, 3.63) is 90.4 Å². The fraction of sp³-hybridized carbons (Fsp3) is 0.115. The molecule has 5 rings (SSSR count). The minimum absolute atomic E-state index is 0. The van der Waals surface area contributed by atoms with Crippen LogP contribution in [-0.4, -0.2) is 37.8 Å². The highest BCUT2D eigenvalue weighted by Crippen LogP contribution is 2.21. The summed E-state index contributed by atoms with van der Waals surface area (Å²) >= 11 is 0. The van der Waals surface area contributed by atoms with E-state index < -0.39 is 17.9 Å². The number of primary amides is 1. The van der Waals surface area contributed by atoms with E-state index in [1.54, 1.807) is 30.6 Å². The summed E-state index contributed by atoms with van der Waals surface area (Å²) in [5.74, 6) is -0.343. The van der Waals surface area contributed by atoms with Crippen LogP contribution in [0.25, 0.3) is 33.3 Å². The summed E-state index contributed by atoms with van der Waals surface area (Å²) in [5, 5.41) is 3.74. The second-order valence-corrected chi connectivity index (χ2v) is 7.68. The van der Waals surface area contributed by atoms with Crippen LogP contribution in [0.3, 0.4) is 0 Å². The lowest BCUT2D eigenvalue weighted by atomic mass is 10.1. The second-order valence-electron chi connectivity index (χ2n) is 7.68. The quantitative estimate of drug-likeness (QED) is 0.363. The Morgan fingerprint density at radius 2 is 1.74 bits per heavy atom. The highest BCUT2D eigenvalue weighted by atomic mass is 16.2. The Morgan fingerprint density at radius 3 is 2.53 bits per heavy atom. The fourth-order valence-electron chi connectivity index (χ4n) is 3.69. The number of aromatic amines is 1. The average molecular weight is 453 g/mol. The number of hydrogen-bond donors (Lipinski definition) is 3. The molecule has 3 aromatic heterocycles. The molecule has 0 saturated carbocycles. The van der Waals surface area contributed by atoms with Crippen molar-refractivity contribution in [1.29, 1.82) is 0 Å². The van der Waals surface area contributed by atoms with Gasteiger partial charge < -0.3 is 16.0 Å². The number of nitrogens with one attached hydrogen (secondary N) is 2. The number of carbonyl (C=O) groups excluding carboxylic acids is 2. The van der Waals surface area contributed by atoms with Gasteiger partial charge in [0.05, 0.1) is 16.6 Å². The molecule has 0 spiro atoms. The number of para-hydroxylation sites is 1. The molecular weight excluding hydrogens is 428 g/mol. The number of nitrogens with zero attached hydrogens (tertiary/aromatic N) is 3. The Kier molecular flexibility index (Phi) is 6.31. The van der Waals surface area contributed by atoms with E-state index in [2.05, 4.69) is 25.3 Å². The number of benzene rings is 2. The minimum atomic E-state index is -0.893. The van der Waals surface area contributed by atoms with Crippen molar-refractivity contribution in [2.24, 2.45) is 5.73 Å². The SMILES string of the molecule is C.NC(=O)[C@H](Cc1ccc2ccccc2n1)NC(=O)c1ccc2nc(-c3ccncc3)[nH]c2c1. The highest BCUT2D eigenvalue weighted by molar-refractivity contribution is 6.00. The predicted molar refractivity (Wildman–Crippen MR) is 132 cm³/mol. The number of amides is 2. The number of imidazole rings is 1. The summed E-state index contributed by atoms with van der Waals surface area (Å²) in [6.07, 6.45) is 3.58. The summed E-state index contributed by atoms with van der Waals surface area (Å²) in [6.45, 7) is 0. The molecule has 3 heterocycles. The summed E-state index contributed by atoms with van der Waals surface area (Å²) in [7, 11) is 0. The third-order valence-electron chi connectivity index (χ3n) is 5.42. The first kappa shape index (κ1) is 22.6. The van der Waals surface area contributed by atoms with E-state index in [9.17, 15) is 9.59 Å². The normalized spacial score (nSPS) is 11.6. The monoisotopic (exact) mass is 452 g/mol. The molecule has 0 radical (unpaired) electrons. The molecule has 0 aliphatic heterocycles. The molecule has 4 N–H and O–H groups in total. The van der Waals surface area contributed by atoms with E-state index in [0.717, 1.165) is 22.0 Å². The van der Waals surface area contributed by atoms with Gasteiger partial charge in [-0.05, 0) is 42.5 Å². The summed E-state index contributed by atoms with van der Waals surface area (Å²) in [4.78, 5) is 41.3. The van der Waals surface area contributed by atoms with Gasteiger partial charge in [0.25, 0.3) is 5.91 Å². The Morgan fingerprint density at radius 1 is 0.941 bits per heavy atom. The van der Waals surface area contributed by atoms with Gasteiger partial charge in [-0.1, -0.05) is 31.7 Å². The maximum absolute atomic E-state index is 12.9. The average Bonchev–Trinajstić information content (AvgIpc) is 3.27. The van der Waals surface area contributed by atoms with Crippen molar-refractivity contribution in [3.63, 3.8) is 0 Å². The number of rotatable bonds is 6. The van der Waals surface area contributed by atoms with Crippen LogP contribution in [0.4, 0.5) is 0 Å². The van der Waals surface area contributed by atoms with E-state index in [1.807, 2.05) is 48.5 Å². The molecule has 0 aliphatic carbocycles. The van der Waals surface area contributed by atoms with E-state index in [1.165, 1.54) is 0 Å². The van der Waals surface area contributed by atoms with E-state index >= 15 is 0 Å². The molecule has 8 heteroatoms. The number of pyridine rings is 2. The number of aromatic nitrogens is 4. The van der Waals surface area contributed by atoms with Gasteiger partial charge in [-0.3, -0.25) is 19.6 Å². The van der Waals surface area contributed by atoms with Gasteiger partial charge in [0, 0.05) is 41.0 Å². The molecule has 2 aromatic carbocycles. The Balaban J connectivity index is 0.00000274. The molecular formula is C26H24N6O2. The molecule has 0 unspecified atom stereocenters. The number of carbonyl (C=O) groups is 2. The van der Waals surface area contributed by atoms with Crippen molar-refractivity contribution < 1.29 is 9.59 Å². The van der Waals surface area contributed by atoms with Crippen molar-refractivity contribution in [2.75, 3.05) is 0 Å². The number of hydrogen-bond acceptors (Lipinski definition) is 5. The first-order chi connectivity index (χ1) is 16.1. The maximum atomic E-state index is 12.9. The molecule has 8 nitrogen and oxygen atoms in total. The first-order valence-corrected chi connectivity index (χ1v) is 10.4. The van der Waals surface area contributed by atoms with Crippen LogP contribution in [-0.2, 0) is 11.2 Å². The topological polar surface area (TPSA) is 127 Å². The summed E-state index contributed by atoms with van der Waals surface area (Å²) in [5.41, 5.74) is 9.79. The van der Waals surface area contributed by atoms with E-state index in [0.29, 0.717) is 22.6 Å². The van der Waals surface area contributed by atoms with Gasteiger partial charge in [-0.2, -0.15) is 0 Å². The lowest BCUT2D eigenvalue weighted by molar-refractivity contribution is -0.119. The van der Waals surface area contributed by atoms with Crippen molar-refractivity contribution in [1.82, 2.24) is 25.3 Å². The van der Waals surface area contributed by atoms with Crippen molar-refractivity contribution in [2.45, 2.75) is 19.9 Å². The van der Waals surface area contributed by atoms with Gasteiger partial charge in [-0.25, -0.2) is 4.98 Å². The molecule has 0 saturated heterocycles. The van der Waals surface area contributed by atoms with Gasteiger partial charge in [0.15, 0.2) is 0 Å². The zero-order valence-electron chi connectivity index (χ0n) is 17.5. The Labute approximate surface area is 196 Å². The van der Waals surface area contributed by atoms with Crippen LogP contribution >= 0.6 is 0 Å². The molecule has 34 heavy (non-hydrogen) atoms. The van der Waals surface area contributed by atoms with Crippen LogP contribution in [0.5, 0.6) is 0 Å². The van der Waals surface area contributed by atoms with E-state index in [-0.39, 0.29) is 13.8 Å². The fourth-order valence-corrected chi connectivity index (χ4v) is 3.69. The van der Waals surface area contributed by atoms with Crippen LogP contribution in [0.1, 0.15) is 23.5 Å². The Hall–Kier alpha value is -4.59. The van der Waals surface area contributed by atoms with E-state index in [4.69, 9.17) is 5.73 Å². The minimum Gasteiger partial charge on any atom is -0.368 e. The third-order valence-corrected chi connectivity index (χ3v) is 5.42. The summed E-state index contributed by atoms with van der Waals surface area (Å²) < 4.78 is 0. The Bertz CT molecular complexity index is 1480. The summed E-state index contributed by atoms with van der Waals surface area (Å²) in [6, 6.07) is 19.4. The zero-order chi connectivity index (χ0) is 22.8. The van der Waals surface area contributed by atoms with Gasteiger partial charge in [-0.15, -0.1) is 0 Å². The van der Waals surface area contributed by atoms with Crippen LogP contribution in [0, 0.1) is 0 Å². The van der Waals surface area contributed by atoms with Crippen LogP contribution in [0.2, 0.25) is 0 Å². The number of nitrogens with two attached hydrogens (primary N) is 1. The molecule has 1 atom stereocenters. The van der Waals surface area contributed by atoms with Gasteiger partial charge >= 0.3 is 0 Å². The smallest absolute Gasteiger partial charge is 0.252 e. The number of H-pyrrole nitrogens is 1. The third kappa shape index (κ3) is 4.61. The standard InChI is InChI=1S/C25H20N6O2.CH4/c26-23(32)22(14-18-7-5-15-3-1-2-4-19(15)28-18)31-25(33)17-6-8-20-21(13-17)30-24(29-20)16-9-11-27-12-10-16;/h1-13,22H,14H2,(H2,26,32)(H,29,30)(H,31,33);1H4/t22-;/m0./s1. The molecule has 5 aromatic rings. The second kappa shape index (κ2) is 9.50. The zero-order valence-corrected chi connectivity index (χ0v) is 17.5. The molecule has 0 aliphatic rings. The number of fused-ring (bicyclic) bond motifs is 2. The largest absolute Gasteiger partial charge is 0.368 e. The molecule has 0 bridgehead atoms. The van der Waals surface area contributed by atoms with Crippen LogP contribution < -0.4 is 11.1 Å². The lowest BCUT2D eigenvalue weighted by Gasteiger charge is -2.15. The molecule has 0 fully saturated rings. The molecule has 170 valence electrons. The van der Waals surface area contributed by atoms with Gasteiger partial charge in [0.2, 0.25) is 5.91 Å². The molecule has 2 amide bonds. The van der Waals surface area contributed by atoms with Crippen LogP contribution in [0.15, 0.2) is 79.1 Å². The van der Waals surface area contributed by atoms with Crippen molar-refractivity contribution >= 4 is 33.8 Å². The van der Waals surface area contributed by atoms with Gasteiger partial charge in [0.1, 0.15) is 11.9 Å². The predicted octanol–water partition coefficient (Wildman–Crippen LogP) is 3.64. The maximum Gasteiger partial charge on any atom is 0.252 e. The highest BCUT2D eigenvalue weighted by Gasteiger charge is 2.21.